The van der Waals surface area contributed by atoms with E-state index < -0.39 is 71.0 Å². The van der Waals surface area contributed by atoms with E-state index in [-0.39, 0.29) is 0 Å². The molecule has 0 heterocycles. The maximum atomic E-state index is 13.7. The van der Waals surface area contributed by atoms with Gasteiger partial charge in [-0.05, 0) is 0 Å². The lowest BCUT2D eigenvalue weighted by Crippen LogP contribution is -2.75. The number of alkyl halides is 17. The van der Waals surface area contributed by atoms with Crippen LogP contribution in [0.5, 0.6) is 0 Å². The first-order valence-corrected chi connectivity index (χ1v) is 8.08. The van der Waals surface area contributed by atoms with Crippen LogP contribution in [0.2, 0.25) is 0 Å². The summed E-state index contributed by atoms with van der Waals surface area (Å²) in [6.45, 7) is 2.56. The van der Waals surface area contributed by atoms with Crippen molar-refractivity contribution in [3.05, 3.63) is 0 Å². The van der Waals surface area contributed by atoms with Gasteiger partial charge in [0.15, 0.2) is 0 Å². The summed E-state index contributed by atoms with van der Waals surface area (Å²) < 4.78 is 223. The molecule has 0 fully saturated rings. The van der Waals surface area contributed by atoms with Gasteiger partial charge in [0.2, 0.25) is 5.78 Å². The minimum Gasteiger partial charge on any atom is -0.299 e. The number of ketones is 2. The summed E-state index contributed by atoms with van der Waals surface area (Å²) in [6, 6.07) is 0. The molecule has 0 atom stereocenters. The summed E-state index contributed by atoms with van der Waals surface area (Å²) >= 11 is 0. The van der Waals surface area contributed by atoms with Crippen LogP contribution in [0.25, 0.3) is 0 Å². The van der Waals surface area contributed by atoms with Crippen molar-refractivity contribution >= 4 is 11.6 Å². The van der Waals surface area contributed by atoms with Gasteiger partial charge in [-0.3, -0.25) is 9.59 Å². The smallest absolute Gasteiger partial charge is 0.299 e. The summed E-state index contributed by atoms with van der Waals surface area (Å²) in [6.07, 6.45) is -10.3. The summed E-state index contributed by atoms with van der Waals surface area (Å²) in [5, 5.41) is 0. The van der Waals surface area contributed by atoms with Crippen molar-refractivity contribution in [2.45, 2.75) is 74.8 Å². The van der Waals surface area contributed by atoms with E-state index in [1.54, 1.807) is 0 Å². The second-order valence-corrected chi connectivity index (χ2v) is 7.79. The van der Waals surface area contributed by atoms with Crippen molar-refractivity contribution in [1.29, 1.82) is 0 Å². The number of hydrogen-bond acceptors (Lipinski definition) is 2. The van der Waals surface area contributed by atoms with Gasteiger partial charge in [0.05, 0.1) is 6.42 Å². The molecular weight excluding hydrogens is 535 g/mol. The lowest BCUT2D eigenvalue weighted by atomic mass is 9.84. The number of hydrogen-bond donors (Lipinski definition) is 0. The highest BCUT2D eigenvalue weighted by Crippen LogP contribution is 2.64. The third kappa shape index (κ3) is 4.30. The average molecular weight is 546 g/mol. The van der Waals surface area contributed by atoms with Gasteiger partial charge in [0, 0.05) is 5.41 Å². The van der Waals surface area contributed by atoms with Crippen LogP contribution in [0.1, 0.15) is 27.2 Å². The Morgan fingerprint density at radius 2 is 0.706 bits per heavy atom. The van der Waals surface area contributed by atoms with E-state index in [4.69, 9.17) is 0 Å². The molecule has 0 aromatic rings. The molecule has 19 heteroatoms. The molecule has 0 bridgehead atoms. The van der Waals surface area contributed by atoms with E-state index in [0.717, 1.165) is 20.8 Å². The van der Waals surface area contributed by atoms with Crippen LogP contribution >= 0.6 is 0 Å². The minimum atomic E-state index is -8.77. The molecule has 202 valence electrons. The summed E-state index contributed by atoms with van der Waals surface area (Å²) in [7, 11) is 0. The Kier molecular flexibility index (Phi) is 7.65. The maximum Gasteiger partial charge on any atom is 0.460 e. The molecule has 0 rings (SSSR count). The standard InChI is InChI=1S/C15H11F17O2/c1-7(2,3)5(33)4-6(34)8(16,17)9(18,19)10(20,21)11(22,23)12(24,25)13(26,27)14(28,29)15(30,31)32/h4H2,1-3H3. The molecule has 0 aliphatic carbocycles. The van der Waals surface area contributed by atoms with Crippen LogP contribution in [-0.2, 0) is 9.59 Å². The maximum absolute atomic E-state index is 13.7. The zero-order chi connectivity index (χ0) is 28.4. The molecule has 0 N–H and O–H groups in total. The summed E-state index contributed by atoms with van der Waals surface area (Å²) in [4.78, 5) is 22.7. The highest BCUT2D eigenvalue weighted by Gasteiger charge is 2.95. The van der Waals surface area contributed by atoms with Crippen molar-refractivity contribution < 1.29 is 84.2 Å². The van der Waals surface area contributed by atoms with Gasteiger partial charge >= 0.3 is 47.6 Å². The molecule has 0 aromatic carbocycles. The normalized spacial score (nSPS) is 16.0. The van der Waals surface area contributed by atoms with Crippen molar-refractivity contribution in [3.8, 4) is 0 Å². The number of Topliss-reactive ketones (excluding diaryl/α,β-unsaturated/α-hetero) is 2. The first kappa shape index (κ1) is 32.1. The number of halogens is 17. The van der Waals surface area contributed by atoms with Crippen LogP contribution in [0.4, 0.5) is 74.6 Å². The van der Waals surface area contributed by atoms with Gasteiger partial charge in [-0.15, -0.1) is 0 Å². The molecule has 0 amide bonds. The number of carbonyl (C=O) groups excluding carboxylic acids is 2. The molecule has 0 aliphatic heterocycles. The highest BCUT2D eigenvalue weighted by molar-refractivity contribution is 6.04. The number of rotatable bonds is 9. The fraction of sp³-hybridized carbons (Fsp3) is 0.867. The van der Waals surface area contributed by atoms with Crippen molar-refractivity contribution in [1.82, 2.24) is 0 Å². The quantitative estimate of drug-likeness (QED) is 0.242. The predicted molar refractivity (Wildman–Crippen MR) is 74.8 cm³/mol. The topological polar surface area (TPSA) is 34.1 Å². The minimum absolute atomic E-state index is 0.852. The fourth-order valence-electron chi connectivity index (χ4n) is 1.86. The monoisotopic (exact) mass is 546 g/mol. The second-order valence-electron chi connectivity index (χ2n) is 7.79. The molecule has 0 spiro atoms. The van der Waals surface area contributed by atoms with Crippen molar-refractivity contribution in [2.75, 3.05) is 0 Å². The lowest BCUT2D eigenvalue weighted by Gasteiger charge is -2.42. The molecule has 0 saturated heterocycles. The van der Waals surface area contributed by atoms with Crippen LogP contribution in [-0.4, -0.2) is 59.2 Å². The van der Waals surface area contributed by atoms with Gasteiger partial charge in [-0.25, -0.2) is 0 Å². The molecular formula is C15H11F17O2. The SMILES string of the molecule is CC(C)(C)C(=O)CC(=O)C(F)(F)C(F)(F)C(F)(F)C(F)(F)C(F)(F)C(F)(F)C(F)(F)C(F)(F)F. The second kappa shape index (κ2) is 8.09. The molecule has 34 heavy (non-hydrogen) atoms. The lowest BCUT2D eigenvalue weighted by molar-refractivity contribution is -0.459. The molecule has 0 saturated carbocycles. The van der Waals surface area contributed by atoms with E-state index in [2.05, 4.69) is 0 Å². The zero-order valence-electron chi connectivity index (χ0n) is 16.4. The van der Waals surface area contributed by atoms with Crippen LogP contribution in [0.3, 0.4) is 0 Å². The van der Waals surface area contributed by atoms with Gasteiger partial charge in [0.1, 0.15) is 5.78 Å². The van der Waals surface area contributed by atoms with Crippen molar-refractivity contribution in [3.63, 3.8) is 0 Å². The molecule has 2 nitrogen and oxygen atoms in total. The fourth-order valence-corrected chi connectivity index (χ4v) is 1.86. The van der Waals surface area contributed by atoms with E-state index in [1.807, 2.05) is 0 Å². The third-order valence-electron chi connectivity index (χ3n) is 4.23. The molecule has 0 aliphatic rings. The Balaban J connectivity index is 6.72. The van der Waals surface area contributed by atoms with Gasteiger partial charge in [-0.2, -0.15) is 74.6 Å². The van der Waals surface area contributed by atoms with Gasteiger partial charge < -0.3 is 0 Å². The molecule has 0 unspecified atom stereocenters. The van der Waals surface area contributed by atoms with Crippen molar-refractivity contribution in [2.24, 2.45) is 5.41 Å². The van der Waals surface area contributed by atoms with E-state index >= 15 is 0 Å². The third-order valence-corrected chi connectivity index (χ3v) is 4.23. The Labute approximate surface area is 177 Å². The molecule has 0 radical (unpaired) electrons. The average Bonchev–Trinajstić information content (AvgIpc) is 2.58. The van der Waals surface area contributed by atoms with Gasteiger partial charge in [0.25, 0.3) is 0 Å². The molecule has 0 aromatic heterocycles. The van der Waals surface area contributed by atoms with Crippen LogP contribution in [0.15, 0.2) is 0 Å². The summed E-state index contributed by atoms with van der Waals surface area (Å²) in [5.74, 6) is -63.6. The van der Waals surface area contributed by atoms with E-state index in [9.17, 15) is 84.2 Å². The van der Waals surface area contributed by atoms with Crippen LogP contribution in [0, 0.1) is 5.41 Å². The Morgan fingerprint density at radius 1 is 0.441 bits per heavy atom. The van der Waals surface area contributed by atoms with Gasteiger partial charge in [-0.1, -0.05) is 20.8 Å². The first-order chi connectivity index (χ1) is 14.3. The zero-order valence-corrected chi connectivity index (χ0v) is 16.4. The largest absolute Gasteiger partial charge is 0.460 e. The van der Waals surface area contributed by atoms with E-state index in [1.165, 1.54) is 0 Å². The van der Waals surface area contributed by atoms with E-state index in [0.29, 0.717) is 0 Å². The Hall–Kier alpha value is -1.85. The highest BCUT2D eigenvalue weighted by atomic mass is 19.4. The first-order valence-electron chi connectivity index (χ1n) is 8.08. The Bertz CT molecular complexity index is 801. The van der Waals surface area contributed by atoms with Crippen LogP contribution < -0.4 is 0 Å². The number of carbonyl (C=O) groups is 2. The Morgan fingerprint density at radius 3 is 0.971 bits per heavy atom. The summed E-state index contributed by atoms with van der Waals surface area (Å²) in [5.41, 5.74) is -1.83. The predicted octanol–water partition coefficient (Wildman–Crippen LogP) is 6.57.